The third kappa shape index (κ3) is 4.54. The van der Waals surface area contributed by atoms with Crippen LogP contribution in [0.1, 0.15) is 43.9 Å². The molecule has 2 N–H and O–H groups in total. The molecule has 0 radical (unpaired) electrons. The van der Waals surface area contributed by atoms with Gasteiger partial charge in [0.05, 0.1) is 12.7 Å². The summed E-state index contributed by atoms with van der Waals surface area (Å²) in [6.07, 6.45) is 3.65. The lowest BCUT2D eigenvalue weighted by atomic mass is 9.89. The fourth-order valence-electron chi connectivity index (χ4n) is 4.06. The first-order valence-corrected chi connectivity index (χ1v) is 8.98. The maximum Gasteiger partial charge on any atom is 0.126 e. The molecular formula is C19H30NO3+. The number of ether oxygens (including phenoxy) is 2. The Bertz CT molecular complexity index is 497. The van der Waals surface area contributed by atoms with E-state index in [1.807, 2.05) is 0 Å². The molecule has 1 unspecified atom stereocenters. The molecule has 1 fully saturated rings. The topological polar surface area (TPSA) is 43.1 Å². The normalized spacial score (nSPS) is 32.3. The smallest absolute Gasteiger partial charge is 0.126 e. The average Bonchev–Trinajstić information content (AvgIpc) is 2.52. The Morgan fingerprint density at radius 3 is 2.78 bits per heavy atom. The first kappa shape index (κ1) is 16.9. The van der Waals surface area contributed by atoms with E-state index in [-0.39, 0.29) is 18.3 Å². The summed E-state index contributed by atoms with van der Waals surface area (Å²) in [4.78, 5) is 1.41. The Morgan fingerprint density at radius 1 is 1.26 bits per heavy atom. The minimum absolute atomic E-state index is 0.145. The van der Waals surface area contributed by atoms with Gasteiger partial charge in [-0.3, -0.25) is 0 Å². The third-order valence-corrected chi connectivity index (χ3v) is 4.95. The number of aliphatic hydroxyl groups excluding tert-OH is 1. The number of benzene rings is 1. The molecule has 5 atom stereocenters. The number of nitrogens with one attached hydrogen (secondary N) is 1. The molecule has 0 aromatic heterocycles. The van der Waals surface area contributed by atoms with E-state index in [2.05, 4.69) is 38.1 Å². The van der Waals surface area contributed by atoms with E-state index in [0.29, 0.717) is 6.61 Å². The summed E-state index contributed by atoms with van der Waals surface area (Å²) in [5.41, 5.74) is 2.71. The first-order chi connectivity index (χ1) is 11.1. The van der Waals surface area contributed by atoms with Crippen LogP contribution in [0.2, 0.25) is 0 Å². The monoisotopic (exact) mass is 320 g/mol. The van der Waals surface area contributed by atoms with Gasteiger partial charge < -0.3 is 19.5 Å². The first-order valence-electron chi connectivity index (χ1n) is 8.98. The lowest BCUT2D eigenvalue weighted by molar-refractivity contribution is -0.918. The minimum Gasteiger partial charge on any atom is -0.385 e. The number of aliphatic hydroxyl groups is 1. The molecule has 0 saturated carbocycles. The van der Waals surface area contributed by atoms with E-state index >= 15 is 0 Å². The van der Waals surface area contributed by atoms with E-state index in [4.69, 9.17) is 9.47 Å². The summed E-state index contributed by atoms with van der Waals surface area (Å²) < 4.78 is 11.8. The Hall–Kier alpha value is -0.940. The quantitative estimate of drug-likeness (QED) is 0.855. The molecule has 0 spiro atoms. The molecule has 1 aromatic rings. The maximum absolute atomic E-state index is 10.4. The van der Waals surface area contributed by atoms with E-state index in [1.165, 1.54) is 22.4 Å². The highest BCUT2D eigenvalue weighted by Crippen LogP contribution is 2.32. The fraction of sp³-hybridized carbons (Fsp3) is 0.684. The summed E-state index contributed by atoms with van der Waals surface area (Å²) in [5, 5.41) is 10.4. The van der Waals surface area contributed by atoms with Crippen LogP contribution in [0.25, 0.3) is 0 Å². The summed E-state index contributed by atoms with van der Waals surface area (Å²) in [5.74, 6) is 0. The number of hydrogen-bond acceptors (Lipinski definition) is 3. The van der Waals surface area contributed by atoms with Crippen molar-refractivity contribution < 1.29 is 19.5 Å². The summed E-state index contributed by atoms with van der Waals surface area (Å²) in [7, 11) is 0. The lowest BCUT2D eigenvalue weighted by Gasteiger charge is -2.33. The molecule has 23 heavy (non-hydrogen) atoms. The predicted octanol–water partition coefficient (Wildman–Crippen LogP) is 1.13. The van der Waals surface area contributed by atoms with Gasteiger partial charge >= 0.3 is 0 Å². The molecule has 1 aromatic carbocycles. The van der Waals surface area contributed by atoms with Gasteiger partial charge in [-0.05, 0) is 44.2 Å². The van der Waals surface area contributed by atoms with Gasteiger partial charge in [-0.15, -0.1) is 0 Å². The highest BCUT2D eigenvalue weighted by Gasteiger charge is 2.28. The zero-order chi connectivity index (χ0) is 16.2. The van der Waals surface area contributed by atoms with Crippen LogP contribution in [0.4, 0.5) is 0 Å². The molecule has 1 aliphatic carbocycles. The molecule has 3 rings (SSSR count). The van der Waals surface area contributed by atoms with Crippen molar-refractivity contribution in [1.82, 2.24) is 0 Å². The SMILES string of the molecule is C[C@@H]1C[NH+](C[C@H](O)CO[C@@H]2CCCc3ccccc32)C[C@H](C)O1. The largest absolute Gasteiger partial charge is 0.385 e. The molecular weight excluding hydrogens is 290 g/mol. The van der Waals surface area contributed by atoms with E-state index in [1.54, 1.807) is 0 Å². The number of fused-ring (bicyclic) bond motifs is 1. The lowest BCUT2D eigenvalue weighted by Crippen LogP contribution is -3.16. The van der Waals surface area contributed by atoms with E-state index in [0.717, 1.165) is 32.5 Å². The van der Waals surface area contributed by atoms with Crippen molar-refractivity contribution >= 4 is 0 Å². The van der Waals surface area contributed by atoms with Gasteiger partial charge in [0.1, 0.15) is 37.9 Å². The Kier molecular flexibility index (Phi) is 5.70. The molecule has 0 amide bonds. The zero-order valence-electron chi connectivity index (χ0n) is 14.3. The van der Waals surface area contributed by atoms with Crippen LogP contribution in [0.3, 0.4) is 0 Å². The number of morpholine rings is 1. The maximum atomic E-state index is 10.4. The molecule has 4 heteroatoms. The number of hydrogen-bond donors (Lipinski definition) is 2. The van der Waals surface area contributed by atoms with Crippen LogP contribution < -0.4 is 4.90 Å². The second-order valence-electron chi connectivity index (χ2n) is 7.19. The highest BCUT2D eigenvalue weighted by molar-refractivity contribution is 5.31. The fourth-order valence-corrected chi connectivity index (χ4v) is 4.06. The number of rotatable bonds is 5. The van der Waals surface area contributed by atoms with Crippen LogP contribution in [0, 0.1) is 0 Å². The predicted molar refractivity (Wildman–Crippen MR) is 89.7 cm³/mol. The van der Waals surface area contributed by atoms with Gasteiger partial charge in [-0.2, -0.15) is 0 Å². The van der Waals surface area contributed by atoms with Gasteiger partial charge in [-0.25, -0.2) is 0 Å². The number of quaternary nitrogens is 1. The van der Waals surface area contributed by atoms with Gasteiger partial charge in [0.25, 0.3) is 0 Å². The van der Waals surface area contributed by atoms with Crippen LogP contribution in [0.5, 0.6) is 0 Å². The number of aryl methyl sites for hydroxylation is 1. The summed E-state index contributed by atoms with van der Waals surface area (Å²) >= 11 is 0. The van der Waals surface area contributed by atoms with Crippen molar-refractivity contribution in [1.29, 1.82) is 0 Å². The van der Waals surface area contributed by atoms with Crippen LogP contribution in [-0.2, 0) is 15.9 Å². The molecule has 0 bridgehead atoms. The van der Waals surface area contributed by atoms with Crippen LogP contribution in [0.15, 0.2) is 24.3 Å². The molecule has 1 saturated heterocycles. The van der Waals surface area contributed by atoms with E-state index < -0.39 is 6.10 Å². The van der Waals surface area contributed by atoms with Crippen molar-refractivity contribution in [2.45, 2.75) is 57.5 Å². The Labute approximate surface area is 139 Å². The van der Waals surface area contributed by atoms with Gasteiger partial charge in [0, 0.05) is 0 Å². The van der Waals surface area contributed by atoms with Crippen molar-refractivity contribution in [3.8, 4) is 0 Å². The van der Waals surface area contributed by atoms with E-state index in [9.17, 15) is 5.11 Å². The van der Waals surface area contributed by atoms with Crippen molar-refractivity contribution in [2.24, 2.45) is 0 Å². The van der Waals surface area contributed by atoms with Crippen molar-refractivity contribution in [3.05, 3.63) is 35.4 Å². The standard InChI is InChI=1S/C19H29NO3/c1-14-10-20(11-15(2)23-14)12-17(21)13-22-19-9-5-7-16-6-3-4-8-18(16)19/h3-4,6,8,14-15,17,19,21H,5,7,9-13H2,1-2H3/p+1/t14-,15+,17-,19+/m0/s1. The average molecular weight is 320 g/mol. The molecule has 1 aliphatic heterocycles. The molecule has 128 valence electrons. The second kappa shape index (κ2) is 7.75. The summed E-state index contributed by atoms with van der Waals surface area (Å²) in [6.45, 7) is 7.31. The minimum atomic E-state index is -0.406. The van der Waals surface area contributed by atoms with Gasteiger partial charge in [0.15, 0.2) is 0 Å². The van der Waals surface area contributed by atoms with Crippen LogP contribution in [-0.4, -0.2) is 49.7 Å². The molecule has 4 nitrogen and oxygen atoms in total. The van der Waals surface area contributed by atoms with Gasteiger partial charge in [0.2, 0.25) is 0 Å². The van der Waals surface area contributed by atoms with Crippen LogP contribution >= 0.6 is 0 Å². The van der Waals surface area contributed by atoms with Gasteiger partial charge in [-0.1, -0.05) is 24.3 Å². The Balaban J connectivity index is 1.49. The molecule has 2 aliphatic rings. The zero-order valence-corrected chi connectivity index (χ0v) is 14.3. The second-order valence-corrected chi connectivity index (χ2v) is 7.19. The highest BCUT2D eigenvalue weighted by atomic mass is 16.5. The van der Waals surface area contributed by atoms with Crippen molar-refractivity contribution in [2.75, 3.05) is 26.2 Å². The van der Waals surface area contributed by atoms with Crippen molar-refractivity contribution in [3.63, 3.8) is 0 Å². The summed E-state index contributed by atoms with van der Waals surface area (Å²) in [6, 6.07) is 8.54. The Morgan fingerprint density at radius 2 is 2.00 bits per heavy atom. The molecule has 1 heterocycles. The third-order valence-electron chi connectivity index (χ3n) is 4.95.